The van der Waals surface area contributed by atoms with E-state index in [-0.39, 0.29) is 43.1 Å². The molecule has 1 amide bonds. The molecule has 1 aliphatic carbocycles. The number of β-lactam (4-membered cyclic amide) rings is 1. The number of aliphatic hydroxyl groups excluding tert-OH is 3. The summed E-state index contributed by atoms with van der Waals surface area (Å²) in [6, 6.07) is 25.6. The summed E-state index contributed by atoms with van der Waals surface area (Å²) < 4.78 is 25.9. The second-order valence-electron chi connectivity index (χ2n) is 13.2. The first-order chi connectivity index (χ1) is 23.9. The Morgan fingerprint density at radius 3 is 2.12 bits per heavy atom. The number of aromatic hydroxyl groups is 2. The van der Waals surface area contributed by atoms with Crippen LogP contribution in [-0.2, 0) is 24.7 Å². The van der Waals surface area contributed by atoms with Crippen molar-refractivity contribution in [3.05, 3.63) is 114 Å². The Hall–Kier alpha value is -4.85. The summed E-state index contributed by atoms with van der Waals surface area (Å²) in [6.07, 6.45) is -8.14. The molecular formula is C38H36FNO10. The maximum atomic E-state index is 14.3. The number of hydrogen-bond acceptors (Lipinski definition) is 9. The Labute approximate surface area is 286 Å². The standard InChI is InChI=1S/C38H36FNO10/c39-24-10-12-25(13-11-24)40-33(27-14-9-22(20-28(27)42)21-5-4-8-26(41)19-21)37(36(40)48)15-17-38(18-16-37,23-6-2-1-3-7-23)50-35-31(45)29(43)30(44)32(49-35)34(46)47/h1-14,19-20,29-33,35,41-45H,15-18H2,(H,46,47)/t29-,30+,31?,32?,33+,35-,37?,38?/m0/s1. The number of phenols is 2. The Bertz CT molecular complexity index is 1900. The van der Waals surface area contributed by atoms with Gasteiger partial charge in [-0.3, -0.25) is 4.79 Å². The predicted octanol–water partition coefficient (Wildman–Crippen LogP) is 4.36. The zero-order valence-corrected chi connectivity index (χ0v) is 26.7. The minimum absolute atomic E-state index is 0.0683. The number of nitrogens with zero attached hydrogens (tertiary/aromatic N) is 1. The molecule has 6 atom stereocenters. The van der Waals surface area contributed by atoms with E-state index in [0.29, 0.717) is 27.9 Å². The number of aliphatic carboxylic acids is 1. The van der Waals surface area contributed by atoms with Crippen LogP contribution in [0.3, 0.4) is 0 Å². The average molecular weight is 686 g/mol. The number of amides is 1. The van der Waals surface area contributed by atoms with Crippen molar-refractivity contribution >= 4 is 17.6 Å². The molecule has 1 spiro atoms. The molecule has 2 unspecified atom stereocenters. The second kappa shape index (κ2) is 12.8. The van der Waals surface area contributed by atoms with Gasteiger partial charge in [-0.05, 0) is 84.8 Å². The third-order valence-electron chi connectivity index (χ3n) is 10.4. The third-order valence-corrected chi connectivity index (χ3v) is 10.4. The van der Waals surface area contributed by atoms with Crippen molar-refractivity contribution in [2.24, 2.45) is 5.41 Å². The quantitative estimate of drug-likeness (QED) is 0.153. The van der Waals surface area contributed by atoms with Crippen LogP contribution < -0.4 is 4.90 Å². The first-order valence-corrected chi connectivity index (χ1v) is 16.3. The number of hydrogen-bond donors (Lipinski definition) is 6. The number of carbonyl (C=O) groups excluding carboxylic acids is 1. The summed E-state index contributed by atoms with van der Waals surface area (Å²) in [6.45, 7) is 0. The van der Waals surface area contributed by atoms with E-state index in [1.165, 1.54) is 24.3 Å². The fraction of sp³-hybridized carbons (Fsp3) is 0.316. The lowest BCUT2D eigenvalue weighted by atomic mass is 9.56. The van der Waals surface area contributed by atoms with Crippen LogP contribution in [0.15, 0.2) is 97.1 Å². The molecule has 0 radical (unpaired) electrons. The van der Waals surface area contributed by atoms with E-state index in [9.17, 15) is 44.6 Å². The van der Waals surface area contributed by atoms with E-state index in [0.717, 1.165) is 0 Å². The van der Waals surface area contributed by atoms with E-state index in [1.807, 2.05) is 18.2 Å². The topological polar surface area (TPSA) is 177 Å². The van der Waals surface area contributed by atoms with Crippen molar-refractivity contribution < 1.29 is 54.1 Å². The number of rotatable bonds is 7. The summed E-state index contributed by atoms with van der Waals surface area (Å²) in [5.41, 5.74) is 0.684. The van der Waals surface area contributed by atoms with Crippen molar-refractivity contribution in [2.45, 2.75) is 68.0 Å². The number of anilines is 1. The lowest BCUT2D eigenvalue weighted by Crippen LogP contribution is -2.66. The number of aliphatic hydroxyl groups is 3. The van der Waals surface area contributed by atoms with Crippen LogP contribution in [-0.4, -0.2) is 73.2 Å². The lowest BCUT2D eigenvalue weighted by Gasteiger charge is -2.60. The Morgan fingerprint density at radius 2 is 1.48 bits per heavy atom. The normalized spacial score (nSPS) is 31.0. The van der Waals surface area contributed by atoms with E-state index >= 15 is 0 Å². The lowest BCUT2D eigenvalue weighted by molar-refractivity contribution is -0.328. The van der Waals surface area contributed by atoms with Crippen molar-refractivity contribution in [1.29, 1.82) is 0 Å². The first-order valence-electron chi connectivity index (χ1n) is 16.3. The third kappa shape index (κ3) is 5.59. The van der Waals surface area contributed by atoms with Crippen LogP contribution in [0.5, 0.6) is 11.5 Å². The van der Waals surface area contributed by atoms with Gasteiger partial charge in [-0.15, -0.1) is 0 Å². The van der Waals surface area contributed by atoms with Crippen LogP contribution in [0.4, 0.5) is 10.1 Å². The highest BCUT2D eigenvalue weighted by Crippen LogP contribution is 2.63. The highest BCUT2D eigenvalue weighted by Gasteiger charge is 2.65. The number of halogens is 1. The summed E-state index contributed by atoms with van der Waals surface area (Å²) in [7, 11) is 0. The molecule has 4 aromatic carbocycles. The van der Waals surface area contributed by atoms with Crippen molar-refractivity contribution in [3.63, 3.8) is 0 Å². The molecule has 0 aromatic heterocycles. The van der Waals surface area contributed by atoms with Crippen LogP contribution in [0.1, 0.15) is 42.9 Å². The summed E-state index contributed by atoms with van der Waals surface area (Å²) in [5.74, 6) is -2.24. The zero-order valence-electron chi connectivity index (χ0n) is 26.7. The van der Waals surface area contributed by atoms with Gasteiger partial charge in [0, 0.05) is 11.3 Å². The fourth-order valence-corrected chi connectivity index (χ4v) is 7.78. The van der Waals surface area contributed by atoms with Crippen molar-refractivity contribution in [2.75, 3.05) is 4.90 Å². The number of benzene rings is 4. The number of phenolic OH excluding ortho intramolecular Hbond substituents is 2. The van der Waals surface area contributed by atoms with E-state index in [1.54, 1.807) is 59.5 Å². The van der Waals surface area contributed by atoms with Crippen LogP contribution in [0.25, 0.3) is 11.1 Å². The number of carboxylic acid groups (broad SMARTS) is 1. The van der Waals surface area contributed by atoms with E-state index in [2.05, 4.69) is 0 Å². The Morgan fingerprint density at radius 1 is 0.800 bits per heavy atom. The van der Waals surface area contributed by atoms with Crippen LogP contribution >= 0.6 is 0 Å². The molecule has 3 fully saturated rings. The van der Waals surface area contributed by atoms with Gasteiger partial charge in [-0.25, -0.2) is 9.18 Å². The van der Waals surface area contributed by atoms with Gasteiger partial charge in [0.25, 0.3) is 0 Å². The van der Waals surface area contributed by atoms with Gasteiger partial charge in [-0.1, -0.05) is 54.6 Å². The van der Waals surface area contributed by atoms with Gasteiger partial charge in [0.2, 0.25) is 5.91 Å². The Kier molecular flexibility index (Phi) is 8.61. The van der Waals surface area contributed by atoms with Gasteiger partial charge in [0.05, 0.1) is 17.1 Å². The van der Waals surface area contributed by atoms with Gasteiger partial charge in [0.15, 0.2) is 12.4 Å². The molecule has 0 bridgehead atoms. The SMILES string of the molecule is O=C(O)C1O[C@@H](OC2(c3ccccc3)CCC3(CC2)C(=O)N(c2ccc(F)cc2)[C@@H]3c2ccc(-c3cccc(O)c3)cc2O)C(O)[C@@H](O)[C@H]1O. The van der Waals surface area contributed by atoms with Crippen LogP contribution in [0, 0.1) is 11.2 Å². The maximum absolute atomic E-state index is 14.3. The Balaban J connectivity index is 1.25. The molecule has 3 aliphatic rings. The van der Waals surface area contributed by atoms with Crippen LogP contribution in [0.2, 0.25) is 0 Å². The fourth-order valence-electron chi connectivity index (χ4n) is 7.78. The van der Waals surface area contributed by atoms with Crippen molar-refractivity contribution in [3.8, 4) is 22.6 Å². The van der Waals surface area contributed by atoms with Gasteiger partial charge in [0.1, 0.15) is 35.6 Å². The molecular weight excluding hydrogens is 649 g/mol. The van der Waals surface area contributed by atoms with Gasteiger partial charge < -0.3 is 45.0 Å². The maximum Gasteiger partial charge on any atom is 0.335 e. The molecule has 6 N–H and O–H groups in total. The molecule has 1 saturated carbocycles. The molecule has 260 valence electrons. The zero-order chi connectivity index (χ0) is 35.4. The van der Waals surface area contributed by atoms with Gasteiger partial charge in [-0.2, -0.15) is 0 Å². The number of carbonyl (C=O) groups is 2. The highest BCUT2D eigenvalue weighted by atomic mass is 19.1. The van der Waals surface area contributed by atoms with Gasteiger partial charge >= 0.3 is 5.97 Å². The molecule has 11 nitrogen and oxygen atoms in total. The number of ether oxygens (including phenoxy) is 2. The molecule has 2 heterocycles. The summed E-state index contributed by atoms with van der Waals surface area (Å²) in [4.78, 5) is 27.7. The molecule has 4 aromatic rings. The molecule has 7 rings (SSSR count). The monoisotopic (exact) mass is 685 g/mol. The first kappa shape index (κ1) is 33.6. The smallest absolute Gasteiger partial charge is 0.335 e. The highest BCUT2D eigenvalue weighted by molar-refractivity contribution is 6.06. The summed E-state index contributed by atoms with van der Waals surface area (Å²) >= 11 is 0. The average Bonchev–Trinajstić information content (AvgIpc) is 3.12. The predicted molar refractivity (Wildman–Crippen MR) is 176 cm³/mol. The minimum Gasteiger partial charge on any atom is -0.508 e. The molecule has 2 aliphatic heterocycles. The van der Waals surface area contributed by atoms with E-state index < -0.39 is 59.6 Å². The largest absolute Gasteiger partial charge is 0.508 e. The van der Waals surface area contributed by atoms with E-state index in [4.69, 9.17) is 9.47 Å². The number of carboxylic acids is 1. The molecule has 12 heteroatoms. The molecule has 50 heavy (non-hydrogen) atoms. The molecule has 2 saturated heterocycles. The van der Waals surface area contributed by atoms with Crippen molar-refractivity contribution in [1.82, 2.24) is 0 Å². The minimum atomic E-state index is -1.89. The second-order valence-corrected chi connectivity index (χ2v) is 13.2. The summed E-state index contributed by atoms with van der Waals surface area (Å²) in [5, 5.41) is 62.7.